The van der Waals surface area contributed by atoms with Crippen molar-refractivity contribution in [3.63, 3.8) is 0 Å². The van der Waals surface area contributed by atoms with Crippen molar-refractivity contribution in [1.82, 2.24) is 24.5 Å². The van der Waals surface area contributed by atoms with Crippen LogP contribution in [0.3, 0.4) is 0 Å². The number of aryl methyl sites for hydroxylation is 1. The molecule has 0 saturated heterocycles. The average molecular weight is 296 g/mol. The van der Waals surface area contributed by atoms with Gasteiger partial charge in [0.05, 0.1) is 4.90 Å². The standard InChI is InChI=1S/C11H16N6O2S/c1-12-11-7-9(3-5-13-11)20(18,19)15-6-4-10-14-8-17(2)16-10/h3,5,7-8,15H,4,6H2,1-2H3,(H,12,13). The molecule has 0 radical (unpaired) electrons. The molecule has 0 atom stereocenters. The predicted octanol–water partition coefficient (Wildman–Crippen LogP) is -0.227. The van der Waals surface area contributed by atoms with Crippen LogP contribution in [-0.4, -0.2) is 41.8 Å². The maximum absolute atomic E-state index is 12.1. The Labute approximate surface area is 117 Å². The molecule has 0 aromatic carbocycles. The van der Waals surface area contributed by atoms with E-state index in [1.165, 1.54) is 18.3 Å². The summed E-state index contributed by atoms with van der Waals surface area (Å²) in [4.78, 5) is 8.18. The van der Waals surface area contributed by atoms with Gasteiger partial charge in [0.1, 0.15) is 12.1 Å². The maximum atomic E-state index is 12.1. The summed E-state index contributed by atoms with van der Waals surface area (Å²) in [5.41, 5.74) is 0. The Hall–Kier alpha value is -2.00. The van der Waals surface area contributed by atoms with E-state index in [0.717, 1.165) is 0 Å². The van der Waals surface area contributed by atoms with Crippen LogP contribution in [0.4, 0.5) is 5.82 Å². The van der Waals surface area contributed by atoms with Gasteiger partial charge >= 0.3 is 0 Å². The molecule has 0 aliphatic heterocycles. The molecule has 0 amide bonds. The highest BCUT2D eigenvalue weighted by Gasteiger charge is 2.14. The van der Waals surface area contributed by atoms with Crippen molar-refractivity contribution in [3.05, 3.63) is 30.5 Å². The number of pyridine rings is 1. The third kappa shape index (κ3) is 3.52. The number of anilines is 1. The molecule has 0 spiro atoms. The summed E-state index contributed by atoms with van der Waals surface area (Å²) >= 11 is 0. The summed E-state index contributed by atoms with van der Waals surface area (Å²) in [5, 5.41) is 6.88. The largest absolute Gasteiger partial charge is 0.373 e. The number of rotatable bonds is 6. The molecule has 0 unspecified atom stereocenters. The molecule has 0 bridgehead atoms. The number of nitrogens with one attached hydrogen (secondary N) is 2. The maximum Gasteiger partial charge on any atom is 0.240 e. The fourth-order valence-electron chi connectivity index (χ4n) is 1.59. The van der Waals surface area contributed by atoms with Crippen molar-refractivity contribution in [3.8, 4) is 0 Å². The Kier molecular flexibility index (Phi) is 4.30. The lowest BCUT2D eigenvalue weighted by molar-refractivity contribution is 0.580. The summed E-state index contributed by atoms with van der Waals surface area (Å²) in [6.07, 6.45) is 3.45. The third-order valence-corrected chi connectivity index (χ3v) is 4.04. The number of nitrogens with zero attached hydrogens (tertiary/aromatic N) is 4. The first kappa shape index (κ1) is 14.4. The van der Waals surface area contributed by atoms with Gasteiger partial charge in [-0.15, -0.1) is 0 Å². The Balaban J connectivity index is 2.00. The van der Waals surface area contributed by atoms with Crippen LogP contribution in [0.15, 0.2) is 29.6 Å². The highest BCUT2D eigenvalue weighted by molar-refractivity contribution is 7.89. The topological polar surface area (TPSA) is 102 Å². The molecule has 8 nitrogen and oxygen atoms in total. The highest BCUT2D eigenvalue weighted by atomic mass is 32.2. The molecule has 2 heterocycles. The van der Waals surface area contributed by atoms with Gasteiger partial charge in [-0.05, 0) is 6.07 Å². The van der Waals surface area contributed by atoms with E-state index < -0.39 is 10.0 Å². The SMILES string of the molecule is CNc1cc(S(=O)(=O)NCCc2ncn(C)n2)ccn1. The summed E-state index contributed by atoms with van der Waals surface area (Å²) < 4.78 is 28.3. The first-order valence-corrected chi connectivity index (χ1v) is 7.47. The third-order valence-electron chi connectivity index (χ3n) is 2.59. The Morgan fingerprint density at radius 1 is 1.35 bits per heavy atom. The quantitative estimate of drug-likeness (QED) is 0.763. The van der Waals surface area contributed by atoms with Crippen LogP contribution in [-0.2, 0) is 23.5 Å². The number of hydrogen-bond acceptors (Lipinski definition) is 6. The molecule has 2 aromatic heterocycles. The van der Waals surface area contributed by atoms with Gasteiger partial charge in [-0.1, -0.05) is 0 Å². The van der Waals surface area contributed by atoms with Gasteiger partial charge in [0, 0.05) is 39.3 Å². The Morgan fingerprint density at radius 2 is 2.15 bits per heavy atom. The lowest BCUT2D eigenvalue weighted by Crippen LogP contribution is -2.26. The van der Waals surface area contributed by atoms with E-state index in [4.69, 9.17) is 0 Å². The average Bonchev–Trinajstić information content (AvgIpc) is 2.84. The highest BCUT2D eigenvalue weighted by Crippen LogP contribution is 2.11. The van der Waals surface area contributed by atoms with Crippen LogP contribution >= 0.6 is 0 Å². The lowest BCUT2D eigenvalue weighted by atomic mass is 10.4. The van der Waals surface area contributed by atoms with Crippen LogP contribution in [0.1, 0.15) is 5.82 Å². The van der Waals surface area contributed by atoms with Crippen LogP contribution in [0.25, 0.3) is 0 Å². The van der Waals surface area contributed by atoms with Gasteiger partial charge in [-0.2, -0.15) is 5.10 Å². The molecule has 2 aromatic rings. The monoisotopic (exact) mass is 296 g/mol. The van der Waals surface area contributed by atoms with E-state index in [-0.39, 0.29) is 11.4 Å². The molecule has 0 saturated carbocycles. The van der Waals surface area contributed by atoms with E-state index in [9.17, 15) is 8.42 Å². The van der Waals surface area contributed by atoms with Crippen LogP contribution in [0.5, 0.6) is 0 Å². The number of hydrogen-bond donors (Lipinski definition) is 2. The Bertz CT molecular complexity index is 682. The molecule has 0 aliphatic rings. The summed E-state index contributed by atoms with van der Waals surface area (Å²) in [5.74, 6) is 1.10. The fourth-order valence-corrected chi connectivity index (χ4v) is 2.64. The zero-order valence-electron chi connectivity index (χ0n) is 11.2. The molecule has 2 rings (SSSR count). The molecule has 0 fully saturated rings. The second-order valence-corrected chi connectivity index (χ2v) is 5.88. The second-order valence-electron chi connectivity index (χ2n) is 4.11. The minimum atomic E-state index is -3.55. The van der Waals surface area contributed by atoms with E-state index >= 15 is 0 Å². The van der Waals surface area contributed by atoms with Gasteiger partial charge in [0.15, 0.2) is 5.82 Å². The van der Waals surface area contributed by atoms with Gasteiger partial charge in [0.25, 0.3) is 0 Å². The summed E-state index contributed by atoms with van der Waals surface area (Å²) in [7, 11) is -0.108. The molecule has 20 heavy (non-hydrogen) atoms. The lowest BCUT2D eigenvalue weighted by Gasteiger charge is -2.07. The van der Waals surface area contributed by atoms with Gasteiger partial charge < -0.3 is 5.32 Å². The molecular formula is C11H16N6O2S. The van der Waals surface area contributed by atoms with Crippen molar-refractivity contribution in [1.29, 1.82) is 0 Å². The van der Waals surface area contributed by atoms with E-state index in [0.29, 0.717) is 18.1 Å². The summed E-state index contributed by atoms with van der Waals surface area (Å²) in [6.45, 7) is 0.240. The first-order chi connectivity index (χ1) is 9.51. The van der Waals surface area contributed by atoms with Gasteiger partial charge in [-0.3, -0.25) is 4.68 Å². The molecule has 9 heteroatoms. The van der Waals surface area contributed by atoms with Crippen LogP contribution in [0.2, 0.25) is 0 Å². The van der Waals surface area contributed by atoms with Crippen molar-refractivity contribution in [2.45, 2.75) is 11.3 Å². The van der Waals surface area contributed by atoms with Crippen molar-refractivity contribution < 1.29 is 8.42 Å². The smallest absolute Gasteiger partial charge is 0.240 e. The van der Waals surface area contributed by atoms with Crippen LogP contribution in [0, 0.1) is 0 Å². The summed E-state index contributed by atoms with van der Waals surface area (Å²) in [6, 6.07) is 2.92. The molecule has 108 valence electrons. The zero-order chi connectivity index (χ0) is 14.6. The fraction of sp³-hybridized carbons (Fsp3) is 0.364. The molecule has 2 N–H and O–H groups in total. The zero-order valence-corrected chi connectivity index (χ0v) is 12.1. The normalized spacial score (nSPS) is 11.5. The van der Waals surface area contributed by atoms with Crippen molar-refractivity contribution in [2.75, 3.05) is 18.9 Å². The van der Waals surface area contributed by atoms with E-state index in [2.05, 4.69) is 25.1 Å². The minimum absolute atomic E-state index is 0.172. The van der Waals surface area contributed by atoms with Crippen LogP contribution < -0.4 is 10.0 Å². The number of sulfonamides is 1. The Morgan fingerprint density at radius 3 is 2.80 bits per heavy atom. The molecular weight excluding hydrogens is 280 g/mol. The van der Waals surface area contributed by atoms with E-state index in [1.807, 2.05) is 0 Å². The first-order valence-electron chi connectivity index (χ1n) is 5.99. The molecule has 0 aliphatic carbocycles. The van der Waals surface area contributed by atoms with Gasteiger partial charge in [-0.25, -0.2) is 23.1 Å². The minimum Gasteiger partial charge on any atom is -0.373 e. The van der Waals surface area contributed by atoms with Gasteiger partial charge in [0.2, 0.25) is 10.0 Å². The number of aromatic nitrogens is 4. The van der Waals surface area contributed by atoms with E-state index in [1.54, 1.807) is 25.1 Å². The predicted molar refractivity (Wildman–Crippen MR) is 73.7 cm³/mol. The second kappa shape index (κ2) is 5.97. The van der Waals surface area contributed by atoms with Crippen molar-refractivity contribution >= 4 is 15.8 Å². The van der Waals surface area contributed by atoms with Crippen molar-refractivity contribution in [2.24, 2.45) is 7.05 Å².